The van der Waals surface area contributed by atoms with Crippen molar-refractivity contribution in [3.05, 3.63) is 70.6 Å². The summed E-state index contributed by atoms with van der Waals surface area (Å²) in [5, 5.41) is 13.8. The van der Waals surface area contributed by atoms with Crippen molar-refractivity contribution in [1.29, 1.82) is 0 Å². The van der Waals surface area contributed by atoms with Crippen molar-refractivity contribution in [3.8, 4) is 5.75 Å². The minimum Gasteiger partial charge on any atom is -0.508 e. The van der Waals surface area contributed by atoms with Gasteiger partial charge in [0.05, 0.1) is 18.4 Å². The summed E-state index contributed by atoms with van der Waals surface area (Å²) in [6.07, 6.45) is 0. The highest BCUT2D eigenvalue weighted by Crippen LogP contribution is 2.14. The normalized spacial score (nSPS) is 10.0. The van der Waals surface area contributed by atoms with Crippen molar-refractivity contribution < 1.29 is 5.11 Å². The molecule has 18 heavy (non-hydrogen) atoms. The second-order valence-electron chi connectivity index (χ2n) is 4.06. The Balaban J connectivity index is 2.04. The highest BCUT2D eigenvalue weighted by Gasteiger charge is 2.05. The zero-order valence-electron chi connectivity index (χ0n) is 9.86. The van der Waals surface area contributed by atoms with Crippen LogP contribution in [-0.2, 0) is 13.1 Å². The van der Waals surface area contributed by atoms with Crippen molar-refractivity contribution in [2.75, 3.05) is 0 Å². The van der Waals surface area contributed by atoms with Gasteiger partial charge in [0.25, 0.3) is 0 Å². The van der Waals surface area contributed by atoms with E-state index in [1.807, 2.05) is 36.4 Å². The average molecular weight is 242 g/mol. The van der Waals surface area contributed by atoms with E-state index in [-0.39, 0.29) is 5.75 Å². The predicted octanol–water partition coefficient (Wildman–Crippen LogP) is 3.08. The molecular formula is C14H14N2O2. The Bertz CT molecular complexity index is 514. The molecule has 0 unspecified atom stereocenters. The fourth-order valence-electron chi connectivity index (χ4n) is 1.77. The van der Waals surface area contributed by atoms with Gasteiger partial charge in [0, 0.05) is 0 Å². The minimum atomic E-state index is 0.193. The van der Waals surface area contributed by atoms with Gasteiger partial charge in [-0.3, -0.25) is 5.01 Å². The summed E-state index contributed by atoms with van der Waals surface area (Å²) >= 11 is 0. The van der Waals surface area contributed by atoms with Crippen LogP contribution in [0.4, 0.5) is 0 Å². The molecule has 1 N–H and O–H groups in total. The van der Waals surface area contributed by atoms with Crippen LogP contribution in [0.5, 0.6) is 5.75 Å². The molecule has 92 valence electrons. The molecular weight excluding hydrogens is 228 g/mol. The van der Waals surface area contributed by atoms with Crippen LogP contribution in [0.1, 0.15) is 11.1 Å². The summed E-state index contributed by atoms with van der Waals surface area (Å²) in [7, 11) is 0. The van der Waals surface area contributed by atoms with E-state index in [1.54, 1.807) is 18.2 Å². The number of phenolic OH excluding ortho intramolecular Hbond substituents is 1. The fourth-order valence-corrected chi connectivity index (χ4v) is 1.77. The Hall–Kier alpha value is -2.36. The lowest BCUT2D eigenvalue weighted by molar-refractivity contribution is 0.266. The third-order valence-corrected chi connectivity index (χ3v) is 2.60. The van der Waals surface area contributed by atoms with Crippen molar-refractivity contribution in [2.24, 2.45) is 5.29 Å². The molecule has 0 aliphatic heterocycles. The molecule has 0 heterocycles. The number of phenols is 1. The van der Waals surface area contributed by atoms with Gasteiger partial charge in [-0.25, -0.2) is 0 Å². The Labute approximate surface area is 105 Å². The van der Waals surface area contributed by atoms with Crippen LogP contribution in [0.15, 0.2) is 59.9 Å². The highest BCUT2D eigenvalue weighted by atomic mass is 16.3. The molecule has 0 aromatic heterocycles. The Morgan fingerprint density at radius 1 is 0.944 bits per heavy atom. The molecule has 0 saturated carbocycles. The average Bonchev–Trinajstić information content (AvgIpc) is 2.39. The van der Waals surface area contributed by atoms with E-state index in [2.05, 4.69) is 5.29 Å². The quantitative estimate of drug-likeness (QED) is 0.647. The van der Waals surface area contributed by atoms with E-state index in [0.29, 0.717) is 13.1 Å². The van der Waals surface area contributed by atoms with E-state index in [1.165, 1.54) is 5.01 Å². The van der Waals surface area contributed by atoms with Crippen LogP contribution in [0, 0.1) is 4.91 Å². The summed E-state index contributed by atoms with van der Waals surface area (Å²) < 4.78 is 0. The van der Waals surface area contributed by atoms with Gasteiger partial charge in [-0.15, -0.1) is 4.91 Å². The number of rotatable bonds is 5. The monoisotopic (exact) mass is 242 g/mol. The number of hydrogen-bond donors (Lipinski definition) is 1. The SMILES string of the molecule is O=NN(Cc1ccccc1)Cc1cccc(O)c1. The van der Waals surface area contributed by atoms with E-state index in [4.69, 9.17) is 0 Å². The molecule has 0 spiro atoms. The lowest BCUT2D eigenvalue weighted by Crippen LogP contribution is -2.15. The van der Waals surface area contributed by atoms with E-state index < -0.39 is 0 Å². The standard InChI is InChI=1S/C14H14N2O2/c17-14-8-4-7-13(9-14)11-16(15-18)10-12-5-2-1-3-6-12/h1-9,17H,10-11H2. The zero-order valence-corrected chi connectivity index (χ0v) is 9.86. The Morgan fingerprint density at radius 3 is 2.28 bits per heavy atom. The summed E-state index contributed by atoms with van der Waals surface area (Å²) in [6, 6.07) is 16.5. The molecule has 0 saturated heterocycles. The first-order valence-corrected chi connectivity index (χ1v) is 5.68. The number of nitrogens with zero attached hydrogens (tertiary/aromatic N) is 2. The van der Waals surface area contributed by atoms with Crippen molar-refractivity contribution in [1.82, 2.24) is 5.01 Å². The van der Waals surface area contributed by atoms with Crippen LogP contribution >= 0.6 is 0 Å². The molecule has 2 rings (SSSR count). The Kier molecular flexibility index (Phi) is 3.91. The minimum absolute atomic E-state index is 0.193. The van der Waals surface area contributed by atoms with Gasteiger partial charge in [-0.1, -0.05) is 42.5 Å². The summed E-state index contributed by atoms with van der Waals surface area (Å²) in [4.78, 5) is 10.8. The second-order valence-corrected chi connectivity index (χ2v) is 4.06. The highest BCUT2D eigenvalue weighted by molar-refractivity contribution is 5.27. The van der Waals surface area contributed by atoms with Crippen molar-refractivity contribution >= 4 is 0 Å². The van der Waals surface area contributed by atoms with Crippen LogP contribution < -0.4 is 0 Å². The summed E-state index contributed by atoms with van der Waals surface area (Å²) in [5.74, 6) is 0.193. The zero-order chi connectivity index (χ0) is 12.8. The maximum absolute atomic E-state index is 10.8. The molecule has 0 amide bonds. The molecule has 0 atom stereocenters. The number of benzene rings is 2. The third kappa shape index (κ3) is 3.31. The largest absolute Gasteiger partial charge is 0.508 e. The van der Waals surface area contributed by atoms with E-state index in [0.717, 1.165) is 11.1 Å². The maximum Gasteiger partial charge on any atom is 0.115 e. The maximum atomic E-state index is 10.8. The summed E-state index contributed by atoms with van der Waals surface area (Å²) in [5.41, 5.74) is 1.88. The first kappa shape index (κ1) is 12.1. The number of hydrogen-bond acceptors (Lipinski definition) is 3. The molecule has 0 aliphatic rings. The Morgan fingerprint density at radius 2 is 1.61 bits per heavy atom. The lowest BCUT2D eigenvalue weighted by atomic mass is 10.2. The van der Waals surface area contributed by atoms with Gasteiger partial charge in [-0.05, 0) is 23.3 Å². The molecule has 0 fully saturated rings. The molecule has 4 nitrogen and oxygen atoms in total. The van der Waals surface area contributed by atoms with Gasteiger partial charge in [0.1, 0.15) is 5.75 Å². The fraction of sp³-hybridized carbons (Fsp3) is 0.143. The van der Waals surface area contributed by atoms with E-state index in [9.17, 15) is 10.0 Å². The number of nitroso groups, excluding NO2 is 1. The van der Waals surface area contributed by atoms with E-state index >= 15 is 0 Å². The topological polar surface area (TPSA) is 52.9 Å². The van der Waals surface area contributed by atoms with Crippen molar-refractivity contribution in [2.45, 2.75) is 13.1 Å². The van der Waals surface area contributed by atoms with Gasteiger partial charge in [-0.2, -0.15) is 0 Å². The molecule has 4 heteroatoms. The predicted molar refractivity (Wildman–Crippen MR) is 69.6 cm³/mol. The van der Waals surface area contributed by atoms with Crippen molar-refractivity contribution in [3.63, 3.8) is 0 Å². The molecule has 0 bridgehead atoms. The smallest absolute Gasteiger partial charge is 0.115 e. The second kappa shape index (κ2) is 5.82. The first-order valence-electron chi connectivity index (χ1n) is 5.68. The third-order valence-electron chi connectivity index (χ3n) is 2.60. The summed E-state index contributed by atoms with van der Waals surface area (Å²) in [6.45, 7) is 0.840. The van der Waals surface area contributed by atoms with Crippen LogP contribution in [0.25, 0.3) is 0 Å². The number of aromatic hydroxyl groups is 1. The molecule has 2 aromatic carbocycles. The van der Waals surface area contributed by atoms with Crippen LogP contribution in [0.3, 0.4) is 0 Å². The first-order chi connectivity index (χ1) is 8.78. The molecule has 2 aromatic rings. The van der Waals surface area contributed by atoms with Crippen LogP contribution in [-0.4, -0.2) is 10.1 Å². The lowest BCUT2D eigenvalue weighted by Gasteiger charge is -2.15. The van der Waals surface area contributed by atoms with Crippen LogP contribution in [0.2, 0.25) is 0 Å². The van der Waals surface area contributed by atoms with Gasteiger partial charge in [0.15, 0.2) is 0 Å². The van der Waals surface area contributed by atoms with Gasteiger partial charge in [0.2, 0.25) is 0 Å². The van der Waals surface area contributed by atoms with Gasteiger partial charge < -0.3 is 5.11 Å². The molecule has 0 radical (unpaired) electrons. The molecule has 0 aliphatic carbocycles. The van der Waals surface area contributed by atoms with Gasteiger partial charge >= 0.3 is 0 Å².